The van der Waals surface area contributed by atoms with Gasteiger partial charge >= 0.3 is 0 Å². The topological polar surface area (TPSA) is 23.5 Å². The lowest BCUT2D eigenvalue weighted by atomic mass is 9.96. The smallest absolute Gasteiger partial charge is 0.0994 e. The molecule has 0 amide bonds. The Balaban J connectivity index is 0.00000196. The third kappa shape index (κ3) is 4.51. The van der Waals surface area contributed by atoms with E-state index in [9.17, 15) is 5.11 Å². The molecule has 1 atom stereocenters. The van der Waals surface area contributed by atoms with Crippen molar-refractivity contribution in [1.29, 1.82) is 0 Å². The van der Waals surface area contributed by atoms with Crippen molar-refractivity contribution in [3.05, 3.63) is 34.3 Å². The van der Waals surface area contributed by atoms with E-state index >= 15 is 0 Å². The lowest BCUT2D eigenvalue weighted by Crippen LogP contribution is -3.00. The molecule has 0 bridgehead atoms. The van der Waals surface area contributed by atoms with E-state index in [2.05, 4.69) is 15.9 Å². The van der Waals surface area contributed by atoms with Crippen LogP contribution in [0.5, 0.6) is 0 Å². The summed E-state index contributed by atoms with van der Waals surface area (Å²) in [6, 6.07) is 7.76. The standard InChI is InChI=1S/C11H16BrNO.ClH/c1-11(14,8-13(2)3)9-4-6-10(12)7-5-9;/h4-7,14H,8H2,1-3H3;1H/p-1. The van der Waals surface area contributed by atoms with Gasteiger partial charge in [0.05, 0.1) is 5.60 Å². The second-order valence-electron chi connectivity index (χ2n) is 4.02. The summed E-state index contributed by atoms with van der Waals surface area (Å²) in [6.07, 6.45) is 0. The summed E-state index contributed by atoms with van der Waals surface area (Å²) in [6.45, 7) is 2.45. The van der Waals surface area contributed by atoms with Crippen LogP contribution in [0.2, 0.25) is 0 Å². The fourth-order valence-electron chi connectivity index (χ4n) is 1.52. The van der Waals surface area contributed by atoms with Gasteiger partial charge in [0.2, 0.25) is 0 Å². The van der Waals surface area contributed by atoms with E-state index in [1.54, 1.807) is 0 Å². The number of rotatable bonds is 3. The molecule has 1 N–H and O–H groups in total. The van der Waals surface area contributed by atoms with Crippen LogP contribution < -0.4 is 12.4 Å². The van der Waals surface area contributed by atoms with E-state index < -0.39 is 5.60 Å². The molecule has 86 valence electrons. The number of nitrogens with zero attached hydrogens (tertiary/aromatic N) is 1. The summed E-state index contributed by atoms with van der Waals surface area (Å²) in [4.78, 5) is 1.97. The molecule has 0 radical (unpaired) electrons. The van der Waals surface area contributed by atoms with Gasteiger partial charge in [0.1, 0.15) is 0 Å². The zero-order valence-electron chi connectivity index (χ0n) is 9.17. The molecule has 0 aliphatic rings. The number of aliphatic hydroxyl groups is 1. The predicted molar refractivity (Wildman–Crippen MR) is 62.3 cm³/mol. The zero-order chi connectivity index (χ0) is 10.8. The molecule has 4 heteroatoms. The molecule has 0 aliphatic heterocycles. The van der Waals surface area contributed by atoms with E-state index in [0.717, 1.165) is 10.0 Å². The van der Waals surface area contributed by atoms with E-state index in [1.165, 1.54) is 0 Å². The Hall–Kier alpha value is -0.0900. The van der Waals surface area contributed by atoms with Gasteiger partial charge in [-0.05, 0) is 38.7 Å². The van der Waals surface area contributed by atoms with Crippen molar-refractivity contribution in [2.24, 2.45) is 0 Å². The number of hydrogen-bond donors (Lipinski definition) is 1. The summed E-state index contributed by atoms with van der Waals surface area (Å²) in [5.41, 5.74) is 0.152. The highest BCUT2D eigenvalue weighted by Crippen LogP contribution is 2.22. The molecule has 0 aromatic heterocycles. The summed E-state index contributed by atoms with van der Waals surface area (Å²) >= 11 is 3.37. The first-order valence-electron chi connectivity index (χ1n) is 4.55. The normalized spacial score (nSPS) is 14.5. The van der Waals surface area contributed by atoms with Crippen LogP contribution in [0.15, 0.2) is 28.7 Å². The number of hydrogen-bond acceptors (Lipinski definition) is 2. The lowest BCUT2D eigenvalue weighted by Gasteiger charge is -2.27. The summed E-state index contributed by atoms with van der Waals surface area (Å²) in [5, 5.41) is 10.2. The Morgan fingerprint density at radius 2 is 1.73 bits per heavy atom. The Morgan fingerprint density at radius 1 is 1.27 bits per heavy atom. The molecule has 0 heterocycles. The van der Waals surface area contributed by atoms with Crippen LogP contribution in [0.1, 0.15) is 12.5 Å². The second-order valence-corrected chi connectivity index (χ2v) is 4.93. The molecule has 0 aliphatic carbocycles. The monoisotopic (exact) mass is 292 g/mol. The fraction of sp³-hybridized carbons (Fsp3) is 0.455. The van der Waals surface area contributed by atoms with E-state index in [0.29, 0.717) is 6.54 Å². The van der Waals surface area contributed by atoms with Gasteiger partial charge in [-0.3, -0.25) is 0 Å². The van der Waals surface area contributed by atoms with Crippen LogP contribution in [0.4, 0.5) is 0 Å². The highest BCUT2D eigenvalue weighted by atomic mass is 79.9. The highest BCUT2D eigenvalue weighted by molar-refractivity contribution is 9.10. The van der Waals surface area contributed by atoms with Crippen LogP contribution >= 0.6 is 15.9 Å². The first-order chi connectivity index (χ1) is 6.42. The highest BCUT2D eigenvalue weighted by Gasteiger charge is 2.23. The van der Waals surface area contributed by atoms with Crippen molar-refractivity contribution in [3.8, 4) is 0 Å². The molecule has 0 fully saturated rings. The lowest BCUT2D eigenvalue weighted by molar-refractivity contribution is -0.0000181. The molecule has 1 aromatic rings. The van der Waals surface area contributed by atoms with Crippen molar-refractivity contribution in [2.45, 2.75) is 12.5 Å². The Labute approximate surface area is 106 Å². The summed E-state index contributed by atoms with van der Waals surface area (Å²) in [5.74, 6) is 0. The van der Waals surface area contributed by atoms with Crippen LogP contribution in [-0.2, 0) is 5.60 Å². The average molecular weight is 294 g/mol. The van der Waals surface area contributed by atoms with Gasteiger partial charge in [0, 0.05) is 11.0 Å². The quantitative estimate of drug-likeness (QED) is 0.791. The van der Waals surface area contributed by atoms with Crippen molar-refractivity contribution in [3.63, 3.8) is 0 Å². The Kier molecular flexibility index (Phi) is 5.81. The number of benzene rings is 1. The SMILES string of the molecule is CN(C)CC(C)(O)c1ccc(Br)cc1.[Cl-]. The van der Waals surface area contributed by atoms with Gasteiger partial charge in [0.25, 0.3) is 0 Å². The van der Waals surface area contributed by atoms with Gasteiger partial charge in [-0.2, -0.15) is 0 Å². The molecule has 1 rings (SSSR count). The first kappa shape index (κ1) is 14.9. The number of likely N-dealkylation sites (N-methyl/N-ethyl adjacent to an activating group) is 1. The molecule has 1 unspecified atom stereocenters. The minimum absolute atomic E-state index is 0. The molecule has 0 spiro atoms. The van der Waals surface area contributed by atoms with Crippen molar-refractivity contribution >= 4 is 15.9 Å². The van der Waals surface area contributed by atoms with Crippen LogP contribution in [0.3, 0.4) is 0 Å². The van der Waals surface area contributed by atoms with Crippen LogP contribution in [0.25, 0.3) is 0 Å². The average Bonchev–Trinajstić information content (AvgIpc) is 2.02. The molecule has 0 saturated heterocycles. The van der Waals surface area contributed by atoms with Crippen molar-refractivity contribution in [1.82, 2.24) is 4.90 Å². The zero-order valence-corrected chi connectivity index (χ0v) is 11.5. The van der Waals surface area contributed by atoms with Crippen molar-refractivity contribution in [2.75, 3.05) is 20.6 Å². The molecule has 1 aromatic carbocycles. The van der Waals surface area contributed by atoms with Gasteiger partial charge in [-0.15, -0.1) is 0 Å². The minimum atomic E-state index is -0.788. The fourth-order valence-corrected chi connectivity index (χ4v) is 1.78. The van der Waals surface area contributed by atoms with Gasteiger partial charge in [-0.25, -0.2) is 0 Å². The van der Waals surface area contributed by atoms with Gasteiger partial charge < -0.3 is 22.4 Å². The number of halogens is 2. The first-order valence-corrected chi connectivity index (χ1v) is 5.34. The van der Waals surface area contributed by atoms with E-state index in [-0.39, 0.29) is 12.4 Å². The largest absolute Gasteiger partial charge is 1.00 e. The van der Waals surface area contributed by atoms with E-state index in [4.69, 9.17) is 0 Å². The van der Waals surface area contributed by atoms with Crippen LogP contribution in [-0.4, -0.2) is 30.6 Å². The third-order valence-corrected chi connectivity index (χ3v) is 2.62. The maximum absolute atomic E-state index is 10.2. The predicted octanol–water partition coefficient (Wildman–Crippen LogP) is -0.778. The summed E-state index contributed by atoms with van der Waals surface area (Å²) < 4.78 is 1.03. The summed E-state index contributed by atoms with van der Waals surface area (Å²) in [7, 11) is 3.90. The van der Waals surface area contributed by atoms with Gasteiger partial charge in [0.15, 0.2) is 0 Å². The molecular formula is C11H16BrClNO-. The van der Waals surface area contributed by atoms with Crippen molar-refractivity contribution < 1.29 is 17.5 Å². The van der Waals surface area contributed by atoms with E-state index in [1.807, 2.05) is 50.2 Å². The third-order valence-electron chi connectivity index (χ3n) is 2.09. The van der Waals surface area contributed by atoms with Crippen LogP contribution in [0, 0.1) is 0 Å². The molecular weight excluding hydrogens is 277 g/mol. The van der Waals surface area contributed by atoms with Gasteiger partial charge in [-0.1, -0.05) is 28.1 Å². The maximum atomic E-state index is 10.2. The second kappa shape index (κ2) is 5.85. The maximum Gasteiger partial charge on any atom is 0.0994 e. The Morgan fingerprint density at radius 3 is 2.13 bits per heavy atom. The molecule has 0 saturated carbocycles. The Bertz CT molecular complexity index is 298. The molecule has 2 nitrogen and oxygen atoms in total. The molecule has 15 heavy (non-hydrogen) atoms. The minimum Gasteiger partial charge on any atom is -1.00 e.